The number of nitrogens with zero attached hydrogens (tertiary/aromatic N) is 3. The molecule has 0 radical (unpaired) electrons. The molecule has 4 aromatic rings. The van der Waals surface area contributed by atoms with E-state index < -0.39 is 0 Å². The predicted octanol–water partition coefficient (Wildman–Crippen LogP) is 5.84. The quantitative estimate of drug-likeness (QED) is 0.271. The highest BCUT2D eigenvalue weighted by Gasteiger charge is 2.15. The highest BCUT2D eigenvalue weighted by atomic mass is 32.1. The van der Waals surface area contributed by atoms with Crippen molar-refractivity contribution in [3.8, 4) is 28.5 Å². The molecule has 3 aromatic carbocycles. The molecule has 174 valence electrons. The molecule has 0 unspecified atom stereocenters. The highest BCUT2D eigenvalue weighted by molar-refractivity contribution is 7.07. The van der Waals surface area contributed by atoms with E-state index in [0.29, 0.717) is 29.3 Å². The van der Waals surface area contributed by atoms with Crippen LogP contribution in [0.25, 0.3) is 22.0 Å². The van der Waals surface area contributed by atoms with Crippen LogP contribution in [0.5, 0.6) is 17.2 Å². The molecule has 0 atom stereocenters. The fourth-order valence-corrected chi connectivity index (χ4v) is 4.48. The van der Waals surface area contributed by atoms with Gasteiger partial charge in [0.1, 0.15) is 17.2 Å². The second kappa shape index (κ2) is 9.97. The number of methoxy groups -OCH3 is 2. The van der Waals surface area contributed by atoms with Gasteiger partial charge in [0.15, 0.2) is 0 Å². The van der Waals surface area contributed by atoms with E-state index in [9.17, 15) is 5.11 Å². The molecule has 0 fully saturated rings. The SMILES string of the molecule is C=C(C)CN=c1scc(-c2ccc(OC)cc2OC)n1N=C(C)c1ccc2ccccc2c1O. The zero-order chi connectivity index (χ0) is 24.2. The molecule has 0 spiro atoms. The van der Waals surface area contributed by atoms with Crippen LogP contribution < -0.4 is 14.3 Å². The lowest BCUT2D eigenvalue weighted by Crippen LogP contribution is -2.15. The minimum absolute atomic E-state index is 0.208. The first kappa shape index (κ1) is 23.3. The van der Waals surface area contributed by atoms with Crippen molar-refractivity contribution in [2.75, 3.05) is 20.8 Å². The van der Waals surface area contributed by atoms with Crippen LogP contribution in [0.1, 0.15) is 19.4 Å². The van der Waals surface area contributed by atoms with Crippen LogP contribution in [0.2, 0.25) is 0 Å². The van der Waals surface area contributed by atoms with Crippen LogP contribution in [-0.4, -0.2) is 36.3 Å². The van der Waals surface area contributed by atoms with Gasteiger partial charge < -0.3 is 14.6 Å². The Morgan fingerprint density at radius 2 is 1.85 bits per heavy atom. The van der Waals surface area contributed by atoms with Gasteiger partial charge in [0.05, 0.1) is 32.2 Å². The van der Waals surface area contributed by atoms with E-state index in [-0.39, 0.29) is 5.75 Å². The van der Waals surface area contributed by atoms with Gasteiger partial charge in [-0.1, -0.05) is 42.5 Å². The van der Waals surface area contributed by atoms with Crippen molar-refractivity contribution in [2.45, 2.75) is 13.8 Å². The standard InChI is InChI=1S/C27H27N3O3S/c1-17(2)15-28-27-30(24(16-34-27)23-13-11-20(32-4)14-25(23)33-5)29-18(3)21-12-10-19-8-6-7-9-22(19)26(21)31/h6-14,16,31H,1,15H2,2-5H3. The van der Waals surface area contributed by atoms with Crippen LogP contribution in [-0.2, 0) is 0 Å². The van der Waals surface area contributed by atoms with Crippen LogP contribution in [0, 0.1) is 0 Å². The molecule has 7 heteroatoms. The smallest absolute Gasteiger partial charge is 0.206 e. The normalized spacial score (nSPS) is 12.2. The largest absolute Gasteiger partial charge is 0.507 e. The third-order valence-electron chi connectivity index (χ3n) is 5.39. The molecule has 4 rings (SSSR count). The highest BCUT2D eigenvalue weighted by Crippen LogP contribution is 2.34. The van der Waals surface area contributed by atoms with Crippen LogP contribution in [0.15, 0.2) is 82.2 Å². The first-order chi connectivity index (χ1) is 16.4. The molecule has 0 aliphatic heterocycles. The van der Waals surface area contributed by atoms with Crippen LogP contribution in [0.4, 0.5) is 0 Å². The van der Waals surface area contributed by atoms with Crippen molar-refractivity contribution in [1.29, 1.82) is 0 Å². The fraction of sp³-hybridized carbons (Fsp3) is 0.185. The predicted molar refractivity (Wildman–Crippen MR) is 139 cm³/mol. The van der Waals surface area contributed by atoms with E-state index in [1.165, 1.54) is 11.3 Å². The molecule has 0 aliphatic carbocycles. The topological polar surface area (TPSA) is 68.3 Å². The molecular formula is C27H27N3O3S. The molecule has 0 saturated heterocycles. The molecule has 1 heterocycles. The summed E-state index contributed by atoms with van der Waals surface area (Å²) in [7, 11) is 3.25. The van der Waals surface area contributed by atoms with E-state index in [2.05, 4.69) is 6.58 Å². The lowest BCUT2D eigenvalue weighted by Gasteiger charge is -2.12. The number of rotatable bonds is 7. The maximum atomic E-state index is 11.0. The molecule has 1 N–H and O–H groups in total. The number of aromatic hydroxyl groups is 1. The second-order valence-electron chi connectivity index (χ2n) is 7.92. The van der Waals surface area contributed by atoms with Gasteiger partial charge in [0, 0.05) is 28.0 Å². The maximum Gasteiger partial charge on any atom is 0.206 e. The number of benzene rings is 3. The Hall–Kier alpha value is -3.84. The van der Waals surface area contributed by atoms with Crippen molar-refractivity contribution in [3.05, 3.63) is 82.5 Å². The number of hydrogen-bond acceptors (Lipinski definition) is 6. The van der Waals surface area contributed by atoms with Crippen molar-refractivity contribution in [3.63, 3.8) is 0 Å². The van der Waals surface area contributed by atoms with Gasteiger partial charge in [-0.2, -0.15) is 5.10 Å². The summed E-state index contributed by atoms with van der Waals surface area (Å²) in [5, 5.41) is 19.6. The van der Waals surface area contributed by atoms with Gasteiger partial charge in [-0.05, 0) is 37.4 Å². The van der Waals surface area contributed by atoms with Crippen LogP contribution in [0.3, 0.4) is 0 Å². The van der Waals surface area contributed by atoms with Gasteiger partial charge >= 0.3 is 0 Å². The second-order valence-corrected chi connectivity index (χ2v) is 8.76. The van der Waals surface area contributed by atoms with Gasteiger partial charge in [0.25, 0.3) is 0 Å². The maximum absolute atomic E-state index is 11.0. The van der Waals surface area contributed by atoms with E-state index in [1.807, 2.05) is 73.8 Å². The molecule has 1 aromatic heterocycles. The van der Waals surface area contributed by atoms with Crippen molar-refractivity contribution >= 4 is 27.8 Å². The molecule has 0 saturated carbocycles. The summed E-state index contributed by atoms with van der Waals surface area (Å²) in [5.41, 5.74) is 3.96. The van der Waals surface area contributed by atoms with Crippen molar-refractivity contribution in [1.82, 2.24) is 4.68 Å². The molecule has 0 amide bonds. The Kier molecular flexibility index (Phi) is 6.84. The van der Waals surface area contributed by atoms with Crippen LogP contribution >= 0.6 is 11.3 Å². The Morgan fingerprint density at radius 3 is 2.59 bits per heavy atom. The monoisotopic (exact) mass is 473 g/mol. The first-order valence-corrected chi connectivity index (χ1v) is 11.7. The molecule has 6 nitrogen and oxygen atoms in total. The summed E-state index contributed by atoms with van der Waals surface area (Å²) in [4.78, 5) is 5.43. The minimum Gasteiger partial charge on any atom is -0.507 e. The Balaban J connectivity index is 1.91. The summed E-state index contributed by atoms with van der Waals surface area (Å²) in [6, 6.07) is 17.3. The number of phenols is 1. The van der Waals surface area contributed by atoms with E-state index in [4.69, 9.17) is 19.6 Å². The number of ether oxygens (including phenoxy) is 2. The summed E-state index contributed by atoms with van der Waals surface area (Å²) in [6.07, 6.45) is 0. The van der Waals surface area contributed by atoms with E-state index in [0.717, 1.165) is 32.4 Å². The molecule has 0 bridgehead atoms. The Morgan fingerprint density at radius 1 is 1.06 bits per heavy atom. The third kappa shape index (κ3) is 4.61. The number of phenolic OH excluding ortho intramolecular Hbond substituents is 1. The van der Waals surface area contributed by atoms with Crippen molar-refractivity contribution in [2.24, 2.45) is 10.1 Å². The Labute approximate surface area is 202 Å². The zero-order valence-electron chi connectivity index (χ0n) is 19.7. The number of thiazole rings is 1. The molecule has 0 aliphatic rings. The summed E-state index contributed by atoms with van der Waals surface area (Å²) in [5.74, 6) is 1.58. The Bertz CT molecular complexity index is 1460. The van der Waals surface area contributed by atoms with Gasteiger partial charge in [-0.25, -0.2) is 4.68 Å². The number of aromatic nitrogens is 1. The third-order valence-corrected chi connectivity index (χ3v) is 6.25. The van der Waals surface area contributed by atoms with Crippen molar-refractivity contribution < 1.29 is 14.6 Å². The van der Waals surface area contributed by atoms with Gasteiger partial charge in [0.2, 0.25) is 4.80 Å². The average molecular weight is 474 g/mol. The lowest BCUT2D eigenvalue weighted by atomic mass is 10.0. The van der Waals surface area contributed by atoms with E-state index in [1.54, 1.807) is 18.9 Å². The van der Waals surface area contributed by atoms with E-state index >= 15 is 0 Å². The zero-order valence-corrected chi connectivity index (χ0v) is 20.5. The summed E-state index contributed by atoms with van der Waals surface area (Å²) in [6.45, 7) is 8.28. The fourth-order valence-electron chi connectivity index (χ4n) is 3.65. The van der Waals surface area contributed by atoms with Gasteiger partial charge in [-0.3, -0.25) is 4.99 Å². The number of hydrogen-bond donors (Lipinski definition) is 1. The average Bonchev–Trinajstić information content (AvgIpc) is 3.24. The molecular weight excluding hydrogens is 446 g/mol. The van der Waals surface area contributed by atoms with Gasteiger partial charge in [-0.15, -0.1) is 11.3 Å². The molecule has 34 heavy (non-hydrogen) atoms. The number of fused-ring (bicyclic) bond motifs is 1. The first-order valence-electron chi connectivity index (χ1n) is 10.8. The summed E-state index contributed by atoms with van der Waals surface area (Å²) < 4.78 is 12.8. The lowest BCUT2D eigenvalue weighted by molar-refractivity contribution is 0.395. The summed E-state index contributed by atoms with van der Waals surface area (Å²) >= 11 is 1.48. The minimum atomic E-state index is 0.208.